The highest BCUT2D eigenvalue weighted by molar-refractivity contribution is 5.95. The third-order valence-electron chi connectivity index (χ3n) is 4.76. The Morgan fingerprint density at radius 1 is 1.15 bits per heavy atom. The molecule has 1 atom stereocenters. The van der Waals surface area contributed by atoms with Crippen LogP contribution >= 0.6 is 0 Å². The maximum absolute atomic E-state index is 12.8. The maximum Gasteiger partial charge on any atom is 0.308 e. The molecule has 1 aromatic carbocycles. The number of hydrogen-bond acceptors (Lipinski definition) is 5. The van der Waals surface area contributed by atoms with Crippen LogP contribution in [0.15, 0.2) is 18.2 Å². The first kappa shape index (κ1) is 20.5. The number of nitrogens with zero attached hydrogens (tertiary/aromatic N) is 1. The van der Waals surface area contributed by atoms with E-state index in [1.54, 1.807) is 30.0 Å². The van der Waals surface area contributed by atoms with Crippen molar-refractivity contribution in [1.82, 2.24) is 10.2 Å². The number of carboxylic acid groups (broad SMARTS) is 1. The largest absolute Gasteiger partial charge is 0.497 e. The van der Waals surface area contributed by atoms with Gasteiger partial charge < -0.3 is 24.8 Å². The Kier molecular flexibility index (Phi) is 7.04. The monoisotopic (exact) mass is 378 g/mol. The second-order valence-electron chi connectivity index (χ2n) is 6.65. The number of ether oxygens (including phenoxy) is 2. The van der Waals surface area contributed by atoms with Crippen molar-refractivity contribution in [2.24, 2.45) is 11.8 Å². The molecule has 1 aliphatic heterocycles. The zero-order valence-corrected chi connectivity index (χ0v) is 15.9. The van der Waals surface area contributed by atoms with E-state index in [1.165, 1.54) is 14.2 Å². The fourth-order valence-electron chi connectivity index (χ4n) is 2.94. The SMILES string of the molecule is COc1cc(OC)cc(C(=O)N2CCC(C(=O)NCC(C)C(=O)O)CC2)c1. The van der Waals surface area contributed by atoms with Crippen LogP contribution in [0, 0.1) is 11.8 Å². The van der Waals surface area contributed by atoms with Crippen LogP contribution in [-0.4, -0.2) is 61.6 Å². The molecule has 1 aromatic rings. The number of benzene rings is 1. The lowest BCUT2D eigenvalue weighted by atomic mass is 9.95. The summed E-state index contributed by atoms with van der Waals surface area (Å²) in [5.41, 5.74) is 0.476. The van der Waals surface area contributed by atoms with E-state index in [2.05, 4.69) is 5.32 Å². The van der Waals surface area contributed by atoms with Crippen LogP contribution in [0.1, 0.15) is 30.1 Å². The molecule has 1 saturated heterocycles. The summed E-state index contributed by atoms with van der Waals surface area (Å²) in [6, 6.07) is 5.03. The molecule has 0 saturated carbocycles. The second-order valence-corrected chi connectivity index (χ2v) is 6.65. The standard InChI is InChI=1S/C19H26N2O6/c1-12(19(24)25)11-20-17(22)13-4-6-21(7-5-13)18(23)14-8-15(26-2)10-16(9-14)27-3/h8-10,12-13H,4-7,11H2,1-3H3,(H,20,22)(H,24,25). The number of carbonyl (C=O) groups excluding carboxylic acids is 2. The van der Waals surface area contributed by atoms with Crippen LogP contribution in [0.2, 0.25) is 0 Å². The number of aliphatic carboxylic acids is 1. The van der Waals surface area contributed by atoms with E-state index < -0.39 is 11.9 Å². The highest BCUT2D eigenvalue weighted by Gasteiger charge is 2.28. The molecule has 148 valence electrons. The lowest BCUT2D eigenvalue weighted by Crippen LogP contribution is -2.44. The Hall–Kier alpha value is -2.77. The molecule has 1 aliphatic rings. The van der Waals surface area contributed by atoms with Crippen molar-refractivity contribution in [2.45, 2.75) is 19.8 Å². The average Bonchev–Trinajstić information content (AvgIpc) is 2.70. The number of rotatable bonds is 7. The molecule has 2 amide bonds. The minimum atomic E-state index is -0.940. The molecule has 2 N–H and O–H groups in total. The molecule has 1 fully saturated rings. The predicted molar refractivity (Wildman–Crippen MR) is 98.0 cm³/mol. The summed E-state index contributed by atoms with van der Waals surface area (Å²) in [4.78, 5) is 37.5. The summed E-state index contributed by atoms with van der Waals surface area (Å²) >= 11 is 0. The predicted octanol–water partition coefficient (Wildman–Crippen LogP) is 1.39. The van der Waals surface area contributed by atoms with Gasteiger partial charge in [-0.25, -0.2) is 0 Å². The number of likely N-dealkylation sites (tertiary alicyclic amines) is 1. The van der Waals surface area contributed by atoms with E-state index in [1.807, 2.05) is 0 Å². The molecule has 8 nitrogen and oxygen atoms in total. The van der Waals surface area contributed by atoms with Crippen molar-refractivity contribution in [1.29, 1.82) is 0 Å². The Morgan fingerprint density at radius 3 is 2.19 bits per heavy atom. The van der Waals surface area contributed by atoms with Gasteiger partial charge in [0.15, 0.2) is 0 Å². The summed E-state index contributed by atoms with van der Waals surface area (Å²) in [6.45, 7) is 2.58. The van der Waals surface area contributed by atoms with Crippen LogP contribution in [0.3, 0.4) is 0 Å². The number of amides is 2. The summed E-state index contributed by atoms with van der Waals surface area (Å²) in [6.07, 6.45) is 1.08. The third kappa shape index (κ3) is 5.35. The first-order chi connectivity index (χ1) is 12.8. The van der Waals surface area contributed by atoms with E-state index in [0.717, 1.165) is 0 Å². The van der Waals surface area contributed by atoms with Crippen molar-refractivity contribution in [3.05, 3.63) is 23.8 Å². The molecular weight excluding hydrogens is 352 g/mol. The Bertz CT molecular complexity index is 675. The molecule has 0 spiro atoms. The van der Waals surface area contributed by atoms with Crippen LogP contribution in [-0.2, 0) is 9.59 Å². The fourth-order valence-corrected chi connectivity index (χ4v) is 2.94. The van der Waals surface area contributed by atoms with Gasteiger partial charge in [0, 0.05) is 37.2 Å². The number of hydrogen-bond donors (Lipinski definition) is 2. The Balaban J connectivity index is 1.92. The zero-order chi connectivity index (χ0) is 20.0. The quantitative estimate of drug-likeness (QED) is 0.743. The molecule has 8 heteroatoms. The Morgan fingerprint density at radius 2 is 1.70 bits per heavy atom. The minimum absolute atomic E-state index is 0.108. The van der Waals surface area contributed by atoms with E-state index >= 15 is 0 Å². The summed E-state index contributed by atoms with van der Waals surface area (Å²) < 4.78 is 10.4. The van der Waals surface area contributed by atoms with Gasteiger partial charge in [-0.3, -0.25) is 14.4 Å². The number of nitrogens with one attached hydrogen (secondary N) is 1. The maximum atomic E-state index is 12.8. The van der Waals surface area contributed by atoms with Crippen LogP contribution in [0.4, 0.5) is 0 Å². The van der Waals surface area contributed by atoms with Gasteiger partial charge in [0.1, 0.15) is 11.5 Å². The van der Waals surface area contributed by atoms with Gasteiger partial charge in [0.25, 0.3) is 5.91 Å². The van der Waals surface area contributed by atoms with Gasteiger partial charge in [0.05, 0.1) is 20.1 Å². The van der Waals surface area contributed by atoms with Crippen LogP contribution in [0.5, 0.6) is 11.5 Å². The van der Waals surface area contributed by atoms with Gasteiger partial charge in [-0.15, -0.1) is 0 Å². The fraction of sp³-hybridized carbons (Fsp3) is 0.526. The van der Waals surface area contributed by atoms with Crippen molar-refractivity contribution in [2.75, 3.05) is 33.9 Å². The molecule has 0 bridgehead atoms. The smallest absolute Gasteiger partial charge is 0.308 e. The van der Waals surface area contributed by atoms with E-state index in [0.29, 0.717) is 43.0 Å². The van der Waals surface area contributed by atoms with Gasteiger partial charge in [0.2, 0.25) is 5.91 Å². The third-order valence-corrected chi connectivity index (χ3v) is 4.76. The summed E-state index contributed by atoms with van der Waals surface area (Å²) in [7, 11) is 3.05. The number of methoxy groups -OCH3 is 2. The average molecular weight is 378 g/mol. The van der Waals surface area contributed by atoms with Crippen molar-refractivity contribution >= 4 is 17.8 Å². The molecule has 27 heavy (non-hydrogen) atoms. The van der Waals surface area contributed by atoms with Gasteiger partial charge in [-0.05, 0) is 25.0 Å². The van der Waals surface area contributed by atoms with Gasteiger partial charge in [-0.1, -0.05) is 6.92 Å². The highest BCUT2D eigenvalue weighted by Crippen LogP contribution is 2.25. The van der Waals surface area contributed by atoms with Gasteiger partial charge >= 0.3 is 5.97 Å². The second kappa shape index (κ2) is 9.25. The van der Waals surface area contributed by atoms with Crippen molar-refractivity contribution in [3.8, 4) is 11.5 Å². The van der Waals surface area contributed by atoms with E-state index in [-0.39, 0.29) is 24.3 Å². The summed E-state index contributed by atoms with van der Waals surface area (Å²) in [5, 5.41) is 11.6. The lowest BCUT2D eigenvalue weighted by molar-refractivity contribution is -0.141. The highest BCUT2D eigenvalue weighted by atomic mass is 16.5. The number of carbonyl (C=O) groups is 3. The zero-order valence-electron chi connectivity index (χ0n) is 15.9. The summed E-state index contributed by atoms with van der Waals surface area (Å²) in [5.74, 6) is -0.985. The first-order valence-corrected chi connectivity index (χ1v) is 8.88. The topological polar surface area (TPSA) is 105 Å². The minimum Gasteiger partial charge on any atom is -0.497 e. The van der Waals surface area contributed by atoms with E-state index in [4.69, 9.17) is 14.6 Å². The van der Waals surface area contributed by atoms with Crippen LogP contribution in [0.25, 0.3) is 0 Å². The molecule has 1 unspecified atom stereocenters. The first-order valence-electron chi connectivity index (χ1n) is 8.88. The molecule has 2 rings (SSSR count). The van der Waals surface area contributed by atoms with Crippen molar-refractivity contribution < 1.29 is 29.0 Å². The molecule has 1 heterocycles. The van der Waals surface area contributed by atoms with Crippen molar-refractivity contribution in [3.63, 3.8) is 0 Å². The van der Waals surface area contributed by atoms with Crippen LogP contribution < -0.4 is 14.8 Å². The lowest BCUT2D eigenvalue weighted by Gasteiger charge is -2.31. The Labute approximate surface area is 158 Å². The van der Waals surface area contributed by atoms with E-state index in [9.17, 15) is 14.4 Å². The number of carboxylic acids is 1. The normalized spacial score (nSPS) is 15.7. The molecule has 0 aliphatic carbocycles. The number of piperidine rings is 1. The molecule has 0 aromatic heterocycles. The molecule has 0 radical (unpaired) electrons. The molecular formula is C19H26N2O6. The van der Waals surface area contributed by atoms with Gasteiger partial charge in [-0.2, -0.15) is 0 Å².